The van der Waals surface area contributed by atoms with Crippen LogP contribution >= 0.6 is 11.3 Å². The monoisotopic (exact) mass is 622 g/mol. The first kappa shape index (κ1) is 27.9. The van der Waals surface area contributed by atoms with E-state index in [2.05, 4.69) is 182 Å². The van der Waals surface area contributed by atoms with Gasteiger partial charge in [0, 0.05) is 59.1 Å². The molecule has 47 heavy (non-hydrogen) atoms. The first-order chi connectivity index (χ1) is 22.9. The van der Waals surface area contributed by atoms with Crippen molar-refractivity contribution in [2.24, 2.45) is 0 Å². The van der Waals surface area contributed by atoms with Crippen LogP contribution in [0.4, 0.5) is 17.1 Å². The van der Waals surface area contributed by atoms with E-state index >= 15 is 0 Å². The highest BCUT2D eigenvalue weighted by Crippen LogP contribution is 2.44. The van der Waals surface area contributed by atoms with Gasteiger partial charge in [-0.05, 0) is 91.2 Å². The molecule has 2 aromatic heterocycles. The molecular formula is C44H34N2S. The Labute approximate surface area is 278 Å². The fourth-order valence-electron chi connectivity index (χ4n) is 7.39. The summed E-state index contributed by atoms with van der Waals surface area (Å²) in [5.41, 5.74) is 8.32. The minimum atomic E-state index is -0.0890. The van der Waals surface area contributed by atoms with Crippen LogP contribution in [0, 0.1) is 0 Å². The van der Waals surface area contributed by atoms with Gasteiger partial charge in [0.05, 0.1) is 5.52 Å². The molecule has 226 valence electrons. The second-order valence-electron chi connectivity index (χ2n) is 13.4. The third kappa shape index (κ3) is 4.53. The van der Waals surface area contributed by atoms with Gasteiger partial charge in [0.15, 0.2) is 0 Å². The molecule has 0 saturated heterocycles. The summed E-state index contributed by atoms with van der Waals surface area (Å²) in [6.07, 6.45) is 0. The van der Waals surface area contributed by atoms with E-state index in [-0.39, 0.29) is 5.54 Å². The van der Waals surface area contributed by atoms with Crippen molar-refractivity contribution in [2.75, 3.05) is 4.90 Å². The van der Waals surface area contributed by atoms with Crippen molar-refractivity contribution in [2.45, 2.75) is 26.3 Å². The van der Waals surface area contributed by atoms with Crippen molar-refractivity contribution in [3.8, 4) is 11.1 Å². The zero-order chi connectivity index (χ0) is 31.7. The van der Waals surface area contributed by atoms with E-state index in [0.29, 0.717) is 0 Å². The van der Waals surface area contributed by atoms with Crippen LogP contribution in [0.1, 0.15) is 20.8 Å². The van der Waals surface area contributed by atoms with Gasteiger partial charge in [-0.3, -0.25) is 0 Å². The lowest BCUT2D eigenvalue weighted by Gasteiger charge is -2.28. The van der Waals surface area contributed by atoms with Gasteiger partial charge >= 0.3 is 0 Å². The lowest BCUT2D eigenvalue weighted by molar-refractivity contribution is 0.423. The number of nitrogens with zero attached hydrogens (tertiary/aromatic N) is 2. The molecule has 0 aliphatic heterocycles. The predicted molar refractivity (Wildman–Crippen MR) is 205 cm³/mol. The van der Waals surface area contributed by atoms with E-state index in [1.165, 1.54) is 63.9 Å². The zero-order valence-corrected chi connectivity index (χ0v) is 27.6. The molecule has 3 heteroatoms. The summed E-state index contributed by atoms with van der Waals surface area (Å²) >= 11 is 1.87. The van der Waals surface area contributed by atoms with Crippen LogP contribution in [0.3, 0.4) is 0 Å². The van der Waals surface area contributed by atoms with Crippen LogP contribution in [0.25, 0.3) is 63.9 Å². The molecule has 0 bridgehead atoms. The highest BCUT2D eigenvalue weighted by molar-refractivity contribution is 7.25. The Balaban J connectivity index is 1.32. The van der Waals surface area contributed by atoms with Crippen molar-refractivity contribution in [1.82, 2.24) is 4.57 Å². The van der Waals surface area contributed by atoms with Gasteiger partial charge in [0.2, 0.25) is 0 Å². The van der Waals surface area contributed by atoms with E-state index in [1.54, 1.807) is 0 Å². The average molecular weight is 623 g/mol. The van der Waals surface area contributed by atoms with E-state index in [4.69, 9.17) is 0 Å². The molecule has 0 saturated carbocycles. The molecule has 0 fully saturated rings. The Hall–Kier alpha value is -5.38. The zero-order valence-electron chi connectivity index (χ0n) is 26.7. The Kier molecular flexibility index (Phi) is 6.28. The van der Waals surface area contributed by atoms with Gasteiger partial charge in [0.25, 0.3) is 0 Å². The van der Waals surface area contributed by atoms with Crippen molar-refractivity contribution >= 4 is 81.1 Å². The Bertz CT molecular complexity index is 2620. The number of thiophene rings is 1. The van der Waals surface area contributed by atoms with E-state index in [9.17, 15) is 0 Å². The summed E-state index contributed by atoms with van der Waals surface area (Å²) < 4.78 is 5.12. The molecule has 0 unspecified atom stereocenters. The standard InChI is InChI=1S/C44H34N2S/c1-44(2,3)46-40-18-9-7-15-35(40)36-24-22-32(27-41(36)46)45(33-23-25-38-37-16-8-10-19-42(37)47-43(38)28-33)31-21-20-30-14-11-17-34(39(30)26-31)29-12-5-4-6-13-29/h4-28H,1-3H3. The lowest BCUT2D eigenvalue weighted by Crippen LogP contribution is -2.21. The SMILES string of the molecule is CC(C)(C)n1c2ccccc2c2ccc(N(c3ccc4c(c3)sc3ccccc34)c3ccc4cccc(-c5ccccc5)c4c3)cc21. The number of aromatic nitrogens is 1. The van der Waals surface area contributed by atoms with Gasteiger partial charge < -0.3 is 9.47 Å². The van der Waals surface area contributed by atoms with Crippen molar-refractivity contribution in [3.63, 3.8) is 0 Å². The molecule has 2 nitrogen and oxygen atoms in total. The maximum atomic E-state index is 2.50. The molecule has 0 spiro atoms. The number of para-hydroxylation sites is 1. The number of benzene rings is 7. The third-order valence-electron chi connectivity index (χ3n) is 9.42. The van der Waals surface area contributed by atoms with Crippen LogP contribution in [-0.4, -0.2) is 4.57 Å². The van der Waals surface area contributed by atoms with Crippen molar-refractivity contribution in [1.29, 1.82) is 0 Å². The summed E-state index contributed by atoms with van der Waals surface area (Å²) in [6, 6.07) is 55.8. The fraction of sp³-hybridized carbons (Fsp3) is 0.0909. The molecule has 0 aliphatic carbocycles. The molecular weight excluding hydrogens is 589 g/mol. The van der Waals surface area contributed by atoms with Crippen LogP contribution < -0.4 is 4.90 Å². The fourth-order valence-corrected chi connectivity index (χ4v) is 8.53. The molecule has 2 heterocycles. The third-order valence-corrected chi connectivity index (χ3v) is 10.5. The lowest BCUT2D eigenvalue weighted by atomic mass is 9.97. The molecule has 0 radical (unpaired) electrons. The average Bonchev–Trinajstić information content (AvgIpc) is 3.64. The Morgan fingerprint density at radius 1 is 0.468 bits per heavy atom. The summed E-state index contributed by atoms with van der Waals surface area (Å²) in [7, 11) is 0. The van der Waals surface area contributed by atoms with E-state index in [0.717, 1.165) is 17.1 Å². The molecule has 0 aliphatic rings. The van der Waals surface area contributed by atoms with E-state index in [1.807, 2.05) is 11.3 Å². The summed E-state index contributed by atoms with van der Waals surface area (Å²) in [5, 5.41) is 7.68. The van der Waals surface area contributed by atoms with Crippen LogP contribution in [0.5, 0.6) is 0 Å². The molecule has 0 amide bonds. The smallest absolute Gasteiger partial charge is 0.0517 e. The summed E-state index contributed by atoms with van der Waals surface area (Å²) in [4.78, 5) is 2.44. The quantitative estimate of drug-likeness (QED) is 0.190. The van der Waals surface area contributed by atoms with Gasteiger partial charge in [-0.2, -0.15) is 0 Å². The predicted octanol–water partition coefficient (Wildman–Crippen LogP) is 13.2. The van der Waals surface area contributed by atoms with Crippen LogP contribution in [0.15, 0.2) is 152 Å². The second kappa shape index (κ2) is 10.6. The second-order valence-corrected chi connectivity index (χ2v) is 14.5. The van der Waals surface area contributed by atoms with E-state index < -0.39 is 0 Å². The van der Waals surface area contributed by atoms with Gasteiger partial charge in [-0.25, -0.2) is 0 Å². The maximum absolute atomic E-state index is 2.50. The summed E-state index contributed by atoms with van der Waals surface area (Å²) in [5.74, 6) is 0. The first-order valence-corrected chi connectivity index (χ1v) is 17.1. The first-order valence-electron chi connectivity index (χ1n) is 16.3. The van der Waals surface area contributed by atoms with Crippen molar-refractivity contribution in [3.05, 3.63) is 152 Å². The number of fused-ring (bicyclic) bond motifs is 7. The van der Waals surface area contributed by atoms with Crippen LogP contribution in [0.2, 0.25) is 0 Å². The van der Waals surface area contributed by atoms with Gasteiger partial charge in [-0.1, -0.05) is 103 Å². The molecule has 9 aromatic rings. The normalized spacial score (nSPS) is 12.1. The highest BCUT2D eigenvalue weighted by Gasteiger charge is 2.23. The molecule has 7 aromatic carbocycles. The molecule has 0 N–H and O–H groups in total. The topological polar surface area (TPSA) is 8.17 Å². The van der Waals surface area contributed by atoms with Gasteiger partial charge in [-0.15, -0.1) is 11.3 Å². The van der Waals surface area contributed by atoms with Crippen molar-refractivity contribution < 1.29 is 0 Å². The van der Waals surface area contributed by atoms with Crippen LogP contribution in [-0.2, 0) is 5.54 Å². The Morgan fingerprint density at radius 2 is 1.11 bits per heavy atom. The largest absolute Gasteiger partial charge is 0.335 e. The number of rotatable bonds is 4. The van der Waals surface area contributed by atoms with Gasteiger partial charge in [0.1, 0.15) is 0 Å². The molecule has 9 rings (SSSR count). The maximum Gasteiger partial charge on any atom is 0.0517 e. The minimum absolute atomic E-state index is 0.0890. The summed E-state index contributed by atoms with van der Waals surface area (Å²) in [6.45, 7) is 6.90. The Morgan fingerprint density at radius 3 is 1.94 bits per heavy atom. The number of anilines is 3. The highest BCUT2D eigenvalue weighted by atomic mass is 32.1. The number of hydrogen-bond donors (Lipinski definition) is 0. The minimum Gasteiger partial charge on any atom is -0.335 e. The molecule has 0 atom stereocenters. The number of hydrogen-bond acceptors (Lipinski definition) is 2.